The third-order valence-electron chi connectivity index (χ3n) is 4.68. The molecule has 3 nitrogen and oxygen atoms in total. The van der Waals surface area contributed by atoms with Gasteiger partial charge in [-0.05, 0) is 25.7 Å². The van der Waals surface area contributed by atoms with Gasteiger partial charge in [0.25, 0.3) is 0 Å². The first-order valence-corrected chi connectivity index (χ1v) is 9.31. The molecule has 1 aliphatic rings. The van der Waals surface area contributed by atoms with Gasteiger partial charge >= 0.3 is 0 Å². The number of aliphatic hydroxyl groups excluding tert-OH is 2. The first kappa shape index (κ1) is 19.7. The van der Waals surface area contributed by atoms with E-state index in [0.29, 0.717) is 6.42 Å². The number of ether oxygens (including phenoxy) is 1. The summed E-state index contributed by atoms with van der Waals surface area (Å²) in [6.07, 6.45) is 13.7. The van der Waals surface area contributed by atoms with Crippen molar-refractivity contribution in [1.82, 2.24) is 0 Å². The number of hydrogen-bond donors (Lipinski definition) is 2. The number of aliphatic hydroxyl groups is 2. The topological polar surface area (TPSA) is 49.7 Å². The summed E-state index contributed by atoms with van der Waals surface area (Å²) in [4.78, 5) is 0. The van der Waals surface area contributed by atoms with Gasteiger partial charge in [0.1, 0.15) is 0 Å². The van der Waals surface area contributed by atoms with Gasteiger partial charge in [0.05, 0.1) is 24.4 Å². The van der Waals surface area contributed by atoms with E-state index in [1.54, 1.807) is 0 Å². The van der Waals surface area contributed by atoms with Crippen LogP contribution in [-0.2, 0) is 4.74 Å². The Kier molecular flexibility index (Phi) is 10.8. The minimum absolute atomic E-state index is 0.0647. The Balaban J connectivity index is 2.10. The van der Waals surface area contributed by atoms with E-state index >= 15 is 0 Å². The van der Waals surface area contributed by atoms with Gasteiger partial charge in [-0.15, -0.1) is 6.58 Å². The van der Waals surface area contributed by atoms with Crippen LogP contribution in [0.15, 0.2) is 12.7 Å². The third kappa shape index (κ3) is 7.75. The van der Waals surface area contributed by atoms with Crippen LogP contribution >= 0.6 is 0 Å². The third-order valence-corrected chi connectivity index (χ3v) is 4.68. The molecule has 0 aromatic carbocycles. The Morgan fingerprint density at radius 2 is 1.86 bits per heavy atom. The molecule has 1 saturated heterocycles. The zero-order valence-corrected chi connectivity index (χ0v) is 14.4. The molecule has 4 atom stereocenters. The molecule has 130 valence electrons. The van der Waals surface area contributed by atoms with Crippen LogP contribution in [0.1, 0.15) is 84.0 Å². The highest BCUT2D eigenvalue weighted by Crippen LogP contribution is 2.28. The first-order chi connectivity index (χ1) is 10.7. The second-order valence-corrected chi connectivity index (χ2v) is 6.71. The molecule has 22 heavy (non-hydrogen) atoms. The minimum Gasteiger partial charge on any atom is -0.390 e. The van der Waals surface area contributed by atoms with Crippen molar-refractivity contribution in [3.8, 4) is 0 Å². The highest BCUT2D eigenvalue weighted by atomic mass is 16.5. The molecule has 1 fully saturated rings. The Labute approximate surface area is 136 Å². The van der Waals surface area contributed by atoms with Crippen LogP contribution in [0.2, 0.25) is 0 Å². The second kappa shape index (κ2) is 12.1. The maximum Gasteiger partial charge on any atom is 0.0864 e. The lowest BCUT2D eigenvalue weighted by Gasteiger charge is -2.19. The van der Waals surface area contributed by atoms with Crippen molar-refractivity contribution in [3.63, 3.8) is 0 Å². The summed E-state index contributed by atoms with van der Waals surface area (Å²) in [6.45, 7) is 5.91. The lowest BCUT2D eigenvalue weighted by molar-refractivity contribution is -0.0498. The molecule has 3 heteroatoms. The Morgan fingerprint density at radius 1 is 1.14 bits per heavy atom. The van der Waals surface area contributed by atoms with Crippen molar-refractivity contribution >= 4 is 0 Å². The van der Waals surface area contributed by atoms with E-state index in [1.165, 1.54) is 38.5 Å². The summed E-state index contributed by atoms with van der Waals surface area (Å²) in [5.41, 5.74) is 0. The fraction of sp³-hybridized carbons (Fsp3) is 0.895. The fourth-order valence-electron chi connectivity index (χ4n) is 3.22. The highest BCUT2D eigenvalue weighted by Gasteiger charge is 2.36. The number of rotatable bonds is 13. The van der Waals surface area contributed by atoms with E-state index in [2.05, 4.69) is 13.5 Å². The minimum atomic E-state index is -0.418. The molecule has 0 aromatic heterocycles. The van der Waals surface area contributed by atoms with Crippen LogP contribution in [0.5, 0.6) is 0 Å². The van der Waals surface area contributed by atoms with Gasteiger partial charge in [0.2, 0.25) is 0 Å². The molecule has 1 aliphatic heterocycles. The van der Waals surface area contributed by atoms with Crippen LogP contribution in [-0.4, -0.2) is 34.6 Å². The summed E-state index contributed by atoms with van der Waals surface area (Å²) in [5.74, 6) is 0. The number of hydrogen-bond acceptors (Lipinski definition) is 3. The molecular formula is C19H36O3. The standard InChI is InChI=1S/C19H36O3/c1-3-5-7-8-9-10-12-13-16(20)19-15-17(21)18(22-19)14-11-6-4-2/h3,16-21H,1,4-15H2,2H3/t16-,17?,18+,19-/m1/s1. The van der Waals surface area contributed by atoms with Crippen molar-refractivity contribution in [2.24, 2.45) is 0 Å². The van der Waals surface area contributed by atoms with Crippen LogP contribution in [0.4, 0.5) is 0 Å². The summed E-state index contributed by atoms with van der Waals surface area (Å²) < 4.78 is 5.88. The molecular weight excluding hydrogens is 276 g/mol. The first-order valence-electron chi connectivity index (χ1n) is 9.31. The summed E-state index contributed by atoms with van der Waals surface area (Å²) in [7, 11) is 0. The van der Waals surface area contributed by atoms with Crippen molar-refractivity contribution < 1.29 is 14.9 Å². The summed E-state index contributed by atoms with van der Waals surface area (Å²) in [6, 6.07) is 0. The molecule has 1 heterocycles. The molecule has 0 aromatic rings. The zero-order chi connectivity index (χ0) is 16.2. The average Bonchev–Trinajstić information content (AvgIpc) is 2.88. The Hall–Kier alpha value is -0.380. The maximum atomic E-state index is 10.2. The highest BCUT2D eigenvalue weighted by molar-refractivity contribution is 4.85. The predicted molar refractivity (Wildman–Crippen MR) is 91.9 cm³/mol. The van der Waals surface area contributed by atoms with E-state index in [9.17, 15) is 10.2 Å². The van der Waals surface area contributed by atoms with Crippen molar-refractivity contribution in [1.29, 1.82) is 0 Å². The smallest absolute Gasteiger partial charge is 0.0864 e. The van der Waals surface area contributed by atoms with Crippen LogP contribution < -0.4 is 0 Å². The number of allylic oxidation sites excluding steroid dienone is 1. The lowest BCUT2D eigenvalue weighted by atomic mass is 10.0. The molecule has 0 saturated carbocycles. The van der Waals surface area contributed by atoms with Gasteiger partial charge in [-0.3, -0.25) is 0 Å². The normalized spacial score (nSPS) is 26.2. The molecule has 0 amide bonds. The summed E-state index contributed by atoms with van der Waals surface area (Å²) in [5, 5.41) is 20.3. The van der Waals surface area contributed by atoms with E-state index in [0.717, 1.165) is 32.1 Å². The van der Waals surface area contributed by atoms with Crippen molar-refractivity contribution in [3.05, 3.63) is 12.7 Å². The van der Waals surface area contributed by atoms with Gasteiger partial charge in [-0.1, -0.05) is 57.9 Å². The second-order valence-electron chi connectivity index (χ2n) is 6.71. The SMILES string of the molecule is C=CCCCCCCC[C@@H](O)[C@H]1CC(O)[C@H](CCCCC)O1. The molecule has 0 aliphatic carbocycles. The molecule has 1 unspecified atom stereocenters. The largest absolute Gasteiger partial charge is 0.390 e. The molecule has 1 rings (SSSR count). The van der Waals surface area contributed by atoms with Crippen molar-refractivity contribution in [2.75, 3.05) is 0 Å². The lowest BCUT2D eigenvalue weighted by Crippen LogP contribution is -2.26. The molecule has 0 radical (unpaired) electrons. The van der Waals surface area contributed by atoms with E-state index < -0.39 is 12.2 Å². The maximum absolute atomic E-state index is 10.2. The predicted octanol–water partition coefficient (Wildman–Crippen LogP) is 4.36. The summed E-state index contributed by atoms with van der Waals surface area (Å²) >= 11 is 0. The van der Waals surface area contributed by atoms with Crippen LogP contribution in [0.3, 0.4) is 0 Å². The average molecular weight is 312 g/mol. The molecule has 0 bridgehead atoms. The van der Waals surface area contributed by atoms with Gasteiger partial charge in [-0.25, -0.2) is 0 Å². The number of unbranched alkanes of at least 4 members (excludes halogenated alkanes) is 7. The van der Waals surface area contributed by atoms with E-state index in [-0.39, 0.29) is 12.2 Å². The van der Waals surface area contributed by atoms with Gasteiger partial charge < -0.3 is 14.9 Å². The van der Waals surface area contributed by atoms with Crippen LogP contribution in [0, 0.1) is 0 Å². The van der Waals surface area contributed by atoms with Crippen molar-refractivity contribution in [2.45, 2.75) is 108 Å². The Bertz CT molecular complexity index is 280. The zero-order valence-electron chi connectivity index (χ0n) is 14.4. The van der Waals surface area contributed by atoms with E-state index in [4.69, 9.17) is 4.74 Å². The molecule has 0 spiro atoms. The van der Waals surface area contributed by atoms with Crippen LogP contribution in [0.25, 0.3) is 0 Å². The van der Waals surface area contributed by atoms with E-state index in [1.807, 2.05) is 6.08 Å². The van der Waals surface area contributed by atoms with Gasteiger partial charge in [0.15, 0.2) is 0 Å². The molecule has 2 N–H and O–H groups in total. The monoisotopic (exact) mass is 312 g/mol. The quantitative estimate of drug-likeness (QED) is 0.392. The fourth-order valence-corrected chi connectivity index (χ4v) is 3.22. The van der Waals surface area contributed by atoms with Gasteiger partial charge in [-0.2, -0.15) is 0 Å². The van der Waals surface area contributed by atoms with Gasteiger partial charge in [0, 0.05) is 6.42 Å². The Morgan fingerprint density at radius 3 is 2.59 bits per heavy atom.